The summed E-state index contributed by atoms with van der Waals surface area (Å²) in [5.74, 6) is 1.84. The molecule has 2 aliphatic carbocycles. The van der Waals surface area contributed by atoms with Gasteiger partial charge in [-0.15, -0.1) is 0 Å². The lowest BCUT2D eigenvalue weighted by Gasteiger charge is -2.32. The molecule has 0 aromatic rings. The Morgan fingerprint density at radius 3 is 2.38 bits per heavy atom. The molecule has 0 aromatic heterocycles. The van der Waals surface area contributed by atoms with Gasteiger partial charge in [0.15, 0.2) is 0 Å². The van der Waals surface area contributed by atoms with Crippen molar-refractivity contribution in [2.24, 2.45) is 11.8 Å². The summed E-state index contributed by atoms with van der Waals surface area (Å²) in [6.07, 6.45) is 16.1. The van der Waals surface area contributed by atoms with Crippen LogP contribution in [0.5, 0.6) is 0 Å². The molecule has 2 fully saturated rings. The molecule has 0 aromatic carbocycles. The van der Waals surface area contributed by atoms with Crippen LogP contribution in [0.4, 0.5) is 0 Å². The molecule has 0 heterocycles. The highest BCUT2D eigenvalue weighted by molar-refractivity contribution is 5.69. The fourth-order valence-corrected chi connectivity index (χ4v) is 4.29. The number of nitrogens with one attached hydrogen (secondary N) is 1. The van der Waals surface area contributed by atoms with Gasteiger partial charge in [-0.25, -0.2) is 0 Å². The van der Waals surface area contributed by atoms with Gasteiger partial charge in [-0.2, -0.15) is 0 Å². The van der Waals surface area contributed by atoms with Crippen molar-refractivity contribution in [1.82, 2.24) is 5.32 Å². The van der Waals surface area contributed by atoms with E-state index in [1.807, 2.05) is 0 Å². The molecule has 1 N–H and O–H groups in total. The van der Waals surface area contributed by atoms with Crippen LogP contribution in [-0.2, 0) is 14.3 Å². The molecular formula is C20H37NO3. The van der Waals surface area contributed by atoms with E-state index in [-0.39, 0.29) is 5.97 Å². The molecule has 2 saturated carbocycles. The highest BCUT2D eigenvalue weighted by Crippen LogP contribution is 2.35. The summed E-state index contributed by atoms with van der Waals surface area (Å²) < 4.78 is 10.6. The van der Waals surface area contributed by atoms with Crippen LogP contribution in [0.3, 0.4) is 0 Å². The van der Waals surface area contributed by atoms with E-state index in [0.29, 0.717) is 19.1 Å². The van der Waals surface area contributed by atoms with Gasteiger partial charge in [0.2, 0.25) is 0 Å². The Hall–Kier alpha value is -0.610. The fourth-order valence-electron chi connectivity index (χ4n) is 4.29. The summed E-state index contributed by atoms with van der Waals surface area (Å²) in [6.45, 7) is 2.44. The molecule has 2 aliphatic rings. The van der Waals surface area contributed by atoms with E-state index in [9.17, 15) is 4.79 Å². The third kappa shape index (κ3) is 7.98. The van der Waals surface area contributed by atoms with Gasteiger partial charge in [0, 0.05) is 13.2 Å². The lowest BCUT2D eigenvalue weighted by Crippen LogP contribution is -2.25. The van der Waals surface area contributed by atoms with Gasteiger partial charge in [0.25, 0.3) is 0 Å². The average molecular weight is 340 g/mol. The molecule has 2 rings (SSSR count). The minimum Gasteiger partial charge on any atom is -0.469 e. The summed E-state index contributed by atoms with van der Waals surface area (Å²) in [5.41, 5.74) is 0. The fraction of sp³-hybridized carbons (Fsp3) is 0.950. The van der Waals surface area contributed by atoms with Gasteiger partial charge in [-0.1, -0.05) is 32.1 Å². The zero-order valence-corrected chi connectivity index (χ0v) is 15.6. The Labute approximate surface area is 148 Å². The molecular weight excluding hydrogens is 302 g/mol. The van der Waals surface area contributed by atoms with Crippen LogP contribution in [0.2, 0.25) is 0 Å². The SMILES string of the molecule is COC(=O)CCNCCCOC1CCC(CC2CCCCC2)CC1. The standard InChI is InChI=1S/C20H37NO3/c1-23-20(22)12-14-21-13-5-15-24-19-10-8-18(9-11-19)16-17-6-3-2-4-7-17/h17-19,21H,2-16H2,1H3. The lowest BCUT2D eigenvalue weighted by molar-refractivity contribution is -0.140. The second-order valence-corrected chi connectivity index (χ2v) is 7.68. The molecule has 0 amide bonds. The summed E-state index contributed by atoms with van der Waals surface area (Å²) in [6, 6.07) is 0. The number of carbonyl (C=O) groups excluding carboxylic acids is 1. The van der Waals surface area contributed by atoms with Crippen molar-refractivity contribution in [2.45, 2.75) is 83.2 Å². The highest BCUT2D eigenvalue weighted by Gasteiger charge is 2.24. The smallest absolute Gasteiger partial charge is 0.306 e. The summed E-state index contributed by atoms with van der Waals surface area (Å²) in [7, 11) is 1.43. The maximum absolute atomic E-state index is 11.0. The van der Waals surface area contributed by atoms with Gasteiger partial charge in [0.1, 0.15) is 0 Å². The van der Waals surface area contributed by atoms with Crippen molar-refractivity contribution in [2.75, 3.05) is 26.8 Å². The monoisotopic (exact) mass is 339 g/mol. The van der Waals surface area contributed by atoms with Gasteiger partial charge >= 0.3 is 5.97 Å². The first-order chi connectivity index (χ1) is 11.8. The molecule has 24 heavy (non-hydrogen) atoms. The van der Waals surface area contributed by atoms with E-state index in [4.69, 9.17) is 4.74 Å². The first-order valence-electron chi connectivity index (χ1n) is 10.2. The predicted molar refractivity (Wildman–Crippen MR) is 97.0 cm³/mol. The van der Waals surface area contributed by atoms with Crippen molar-refractivity contribution in [3.05, 3.63) is 0 Å². The normalized spacial score (nSPS) is 25.5. The zero-order chi connectivity index (χ0) is 17.0. The number of hydrogen-bond donors (Lipinski definition) is 1. The van der Waals surface area contributed by atoms with Crippen molar-refractivity contribution >= 4 is 5.97 Å². The van der Waals surface area contributed by atoms with Gasteiger partial charge in [0.05, 0.1) is 19.6 Å². The third-order valence-corrected chi connectivity index (χ3v) is 5.77. The van der Waals surface area contributed by atoms with E-state index in [1.165, 1.54) is 71.3 Å². The zero-order valence-electron chi connectivity index (χ0n) is 15.6. The quantitative estimate of drug-likeness (QED) is 0.481. The first-order valence-corrected chi connectivity index (χ1v) is 10.2. The summed E-state index contributed by atoms with van der Waals surface area (Å²) in [4.78, 5) is 11.0. The maximum atomic E-state index is 11.0. The van der Waals surface area contributed by atoms with E-state index in [2.05, 4.69) is 10.1 Å². The van der Waals surface area contributed by atoms with Crippen LogP contribution in [-0.4, -0.2) is 38.9 Å². The Balaban J connectivity index is 1.43. The number of methoxy groups -OCH3 is 1. The van der Waals surface area contributed by atoms with Crippen molar-refractivity contribution < 1.29 is 14.3 Å². The topological polar surface area (TPSA) is 47.6 Å². The molecule has 0 aliphatic heterocycles. The number of ether oxygens (including phenoxy) is 2. The van der Waals surface area contributed by atoms with Crippen LogP contribution in [0.15, 0.2) is 0 Å². The second kappa shape index (κ2) is 11.9. The number of carbonyl (C=O) groups is 1. The molecule has 4 heteroatoms. The van der Waals surface area contributed by atoms with Crippen LogP contribution in [0, 0.1) is 11.8 Å². The van der Waals surface area contributed by atoms with Crippen molar-refractivity contribution in [1.29, 1.82) is 0 Å². The van der Waals surface area contributed by atoms with E-state index < -0.39 is 0 Å². The second-order valence-electron chi connectivity index (χ2n) is 7.68. The average Bonchev–Trinajstić information content (AvgIpc) is 2.63. The molecule has 0 spiro atoms. The minimum absolute atomic E-state index is 0.149. The highest BCUT2D eigenvalue weighted by atomic mass is 16.5. The van der Waals surface area contributed by atoms with E-state index >= 15 is 0 Å². The number of hydrogen-bond acceptors (Lipinski definition) is 4. The van der Waals surface area contributed by atoms with Gasteiger partial charge < -0.3 is 14.8 Å². The van der Waals surface area contributed by atoms with Crippen molar-refractivity contribution in [3.8, 4) is 0 Å². The molecule has 0 saturated heterocycles. The predicted octanol–water partition coefficient (Wildman–Crippen LogP) is 4.08. The maximum Gasteiger partial charge on any atom is 0.306 e. The molecule has 0 unspecified atom stereocenters. The Kier molecular flexibility index (Phi) is 9.74. The van der Waals surface area contributed by atoms with Gasteiger partial charge in [-0.3, -0.25) is 4.79 Å². The Bertz CT molecular complexity index is 334. The summed E-state index contributed by atoms with van der Waals surface area (Å²) >= 11 is 0. The number of rotatable bonds is 10. The van der Waals surface area contributed by atoms with Crippen molar-refractivity contribution in [3.63, 3.8) is 0 Å². The van der Waals surface area contributed by atoms with Crippen LogP contribution >= 0.6 is 0 Å². The minimum atomic E-state index is -0.149. The molecule has 140 valence electrons. The molecule has 0 radical (unpaired) electrons. The number of esters is 1. The van der Waals surface area contributed by atoms with E-state index in [0.717, 1.165) is 31.4 Å². The summed E-state index contributed by atoms with van der Waals surface area (Å²) in [5, 5.41) is 3.26. The largest absolute Gasteiger partial charge is 0.469 e. The van der Waals surface area contributed by atoms with Gasteiger partial charge in [-0.05, 0) is 56.9 Å². The first kappa shape index (κ1) is 19.7. The van der Waals surface area contributed by atoms with Crippen LogP contribution < -0.4 is 5.32 Å². The lowest BCUT2D eigenvalue weighted by atomic mass is 9.77. The van der Waals surface area contributed by atoms with E-state index in [1.54, 1.807) is 0 Å². The van der Waals surface area contributed by atoms with Crippen LogP contribution in [0.1, 0.15) is 77.0 Å². The molecule has 4 nitrogen and oxygen atoms in total. The van der Waals surface area contributed by atoms with Crippen LogP contribution in [0.25, 0.3) is 0 Å². The third-order valence-electron chi connectivity index (χ3n) is 5.77. The molecule has 0 atom stereocenters. The molecule has 0 bridgehead atoms. The Morgan fingerprint density at radius 1 is 0.958 bits per heavy atom. The Morgan fingerprint density at radius 2 is 1.67 bits per heavy atom.